The Hall–Kier alpha value is -1.92. The number of rotatable bonds is 5. The highest BCUT2D eigenvalue weighted by atomic mass is 79.9. The summed E-state index contributed by atoms with van der Waals surface area (Å²) < 4.78 is 16.0. The van der Waals surface area contributed by atoms with E-state index in [-0.39, 0.29) is 6.79 Å². The Balaban J connectivity index is 2.43. The number of ether oxygens (including phenoxy) is 3. The van der Waals surface area contributed by atoms with E-state index in [1.54, 1.807) is 24.4 Å². The second-order valence-corrected chi connectivity index (χ2v) is 5.03. The second kappa shape index (κ2) is 7.19. The van der Waals surface area contributed by atoms with Gasteiger partial charge in [0, 0.05) is 23.3 Å². The van der Waals surface area contributed by atoms with Crippen molar-refractivity contribution in [3.8, 4) is 17.0 Å². The normalized spacial score (nSPS) is 10.2. The van der Waals surface area contributed by atoms with Gasteiger partial charge < -0.3 is 14.2 Å². The Labute approximate surface area is 131 Å². The molecule has 0 N–H and O–H groups in total. The quantitative estimate of drug-likeness (QED) is 0.611. The molecule has 5 nitrogen and oxygen atoms in total. The molecule has 0 aliphatic heterocycles. The number of benzene rings is 1. The van der Waals surface area contributed by atoms with Crippen LogP contribution in [0.3, 0.4) is 0 Å². The third-order valence-electron chi connectivity index (χ3n) is 2.74. The van der Waals surface area contributed by atoms with Gasteiger partial charge in [-0.25, -0.2) is 4.79 Å². The molecule has 0 amide bonds. The minimum absolute atomic E-state index is 0.0775. The van der Waals surface area contributed by atoms with Crippen LogP contribution in [0.25, 0.3) is 11.3 Å². The van der Waals surface area contributed by atoms with Crippen molar-refractivity contribution in [1.82, 2.24) is 4.98 Å². The van der Waals surface area contributed by atoms with Crippen LogP contribution in [-0.2, 0) is 9.47 Å². The Morgan fingerprint density at radius 2 is 2.05 bits per heavy atom. The smallest absolute Gasteiger partial charge is 0.337 e. The Kier molecular flexibility index (Phi) is 5.30. The molecule has 0 unspecified atom stereocenters. The zero-order valence-electron chi connectivity index (χ0n) is 11.6. The lowest BCUT2D eigenvalue weighted by Gasteiger charge is -2.12. The molecule has 21 heavy (non-hydrogen) atoms. The monoisotopic (exact) mass is 351 g/mol. The summed E-state index contributed by atoms with van der Waals surface area (Å²) in [4.78, 5) is 15.9. The molecule has 0 radical (unpaired) electrons. The van der Waals surface area contributed by atoms with E-state index in [1.165, 1.54) is 14.2 Å². The van der Waals surface area contributed by atoms with Crippen molar-refractivity contribution in [2.24, 2.45) is 0 Å². The molecular weight excluding hydrogens is 338 g/mol. The molecule has 1 aromatic heterocycles. The van der Waals surface area contributed by atoms with Gasteiger partial charge in [-0.15, -0.1) is 0 Å². The predicted molar refractivity (Wildman–Crippen MR) is 81.2 cm³/mol. The SMILES string of the molecule is COCOc1cc(C(=O)OC)ccc1-c1ccc(Br)cn1. The Morgan fingerprint density at radius 3 is 2.67 bits per heavy atom. The number of halogens is 1. The fourth-order valence-corrected chi connectivity index (χ4v) is 1.99. The molecule has 0 spiro atoms. The molecule has 0 fully saturated rings. The molecule has 0 atom stereocenters. The van der Waals surface area contributed by atoms with Crippen LogP contribution in [-0.4, -0.2) is 32.0 Å². The standard InChI is InChI=1S/C15H14BrNO4/c1-19-9-21-14-7-10(15(18)20-2)3-5-12(14)13-6-4-11(16)8-17-13/h3-8H,9H2,1-2H3. The van der Waals surface area contributed by atoms with Crippen LogP contribution >= 0.6 is 15.9 Å². The van der Waals surface area contributed by atoms with Crippen LogP contribution < -0.4 is 4.74 Å². The lowest BCUT2D eigenvalue weighted by atomic mass is 10.1. The largest absolute Gasteiger partial charge is 0.467 e. The lowest BCUT2D eigenvalue weighted by molar-refractivity contribution is 0.0507. The lowest BCUT2D eigenvalue weighted by Crippen LogP contribution is -2.05. The second-order valence-electron chi connectivity index (χ2n) is 4.12. The topological polar surface area (TPSA) is 57.7 Å². The maximum absolute atomic E-state index is 11.6. The average molecular weight is 352 g/mol. The summed E-state index contributed by atoms with van der Waals surface area (Å²) >= 11 is 3.34. The van der Waals surface area contributed by atoms with Crippen molar-refractivity contribution in [2.45, 2.75) is 0 Å². The molecule has 1 heterocycles. The number of aromatic nitrogens is 1. The van der Waals surface area contributed by atoms with Gasteiger partial charge in [-0.2, -0.15) is 0 Å². The number of methoxy groups -OCH3 is 2. The van der Waals surface area contributed by atoms with Gasteiger partial charge in [0.15, 0.2) is 6.79 Å². The highest BCUT2D eigenvalue weighted by Gasteiger charge is 2.13. The van der Waals surface area contributed by atoms with Gasteiger partial charge in [0.25, 0.3) is 0 Å². The van der Waals surface area contributed by atoms with Crippen molar-refractivity contribution in [3.63, 3.8) is 0 Å². The molecule has 0 aliphatic rings. The van der Waals surface area contributed by atoms with Crippen molar-refractivity contribution >= 4 is 21.9 Å². The van der Waals surface area contributed by atoms with E-state index in [2.05, 4.69) is 20.9 Å². The van der Waals surface area contributed by atoms with E-state index in [9.17, 15) is 4.79 Å². The highest BCUT2D eigenvalue weighted by Crippen LogP contribution is 2.30. The van der Waals surface area contributed by atoms with Crippen LogP contribution in [0.1, 0.15) is 10.4 Å². The molecule has 0 saturated carbocycles. The summed E-state index contributed by atoms with van der Waals surface area (Å²) in [5.74, 6) is 0.0853. The van der Waals surface area contributed by atoms with Crippen LogP contribution in [0.5, 0.6) is 5.75 Å². The summed E-state index contributed by atoms with van der Waals surface area (Å²) in [6.45, 7) is 0.0775. The van der Waals surface area contributed by atoms with Crippen LogP contribution in [0.15, 0.2) is 41.0 Å². The molecule has 0 saturated heterocycles. The van der Waals surface area contributed by atoms with Gasteiger partial charge in [-0.3, -0.25) is 4.98 Å². The number of carbonyl (C=O) groups is 1. The van der Waals surface area contributed by atoms with Gasteiger partial charge in [0.1, 0.15) is 5.75 Å². The maximum atomic E-state index is 11.6. The Morgan fingerprint density at radius 1 is 1.24 bits per heavy atom. The first-order chi connectivity index (χ1) is 10.2. The van der Waals surface area contributed by atoms with Gasteiger partial charge in [-0.1, -0.05) is 0 Å². The fraction of sp³-hybridized carbons (Fsp3) is 0.200. The molecular formula is C15H14BrNO4. The molecule has 2 rings (SSSR count). The number of nitrogens with zero attached hydrogens (tertiary/aromatic N) is 1. The zero-order valence-corrected chi connectivity index (χ0v) is 13.2. The third kappa shape index (κ3) is 3.80. The van der Waals surface area contributed by atoms with Crippen molar-refractivity contribution in [2.75, 3.05) is 21.0 Å². The first-order valence-electron chi connectivity index (χ1n) is 6.11. The molecule has 2 aromatic rings. The summed E-state index contributed by atoms with van der Waals surface area (Å²) in [5.41, 5.74) is 1.91. The van der Waals surface area contributed by atoms with E-state index in [1.807, 2.05) is 12.1 Å². The molecule has 6 heteroatoms. The van der Waals surface area contributed by atoms with Gasteiger partial charge >= 0.3 is 5.97 Å². The molecule has 110 valence electrons. The van der Waals surface area contributed by atoms with E-state index in [4.69, 9.17) is 14.2 Å². The summed E-state index contributed by atoms with van der Waals surface area (Å²) in [6.07, 6.45) is 1.70. The minimum Gasteiger partial charge on any atom is -0.467 e. The predicted octanol–water partition coefficient (Wildman–Crippen LogP) is 3.28. The van der Waals surface area contributed by atoms with Gasteiger partial charge in [-0.05, 0) is 46.3 Å². The van der Waals surface area contributed by atoms with Crippen LogP contribution in [0.2, 0.25) is 0 Å². The van der Waals surface area contributed by atoms with E-state index in [0.717, 1.165) is 15.7 Å². The molecule has 1 aromatic carbocycles. The zero-order chi connectivity index (χ0) is 15.2. The van der Waals surface area contributed by atoms with Gasteiger partial charge in [0.2, 0.25) is 0 Å². The maximum Gasteiger partial charge on any atom is 0.337 e. The van der Waals surface area contributed by atoms with Crippen LogP contribution in [0.4, 0.5) is 0 Å². The van der Waals surface area contributed by atoms with E-state index >= 15 is 0 Å². The summed E-state index contributed by atoms with van der Waals surface area (Å²) in [6, 6.07) is 8.80. The van der Waals surface area contributed by atoms with E-state index < -0.39 is 5.97 Å². The highest BCUT2D eigenvalue weighted by molar-refractivity contribution is 9.10. The number of hydrogen-bond donors (Lipinski definition) is 0. The first-order valence-corrected chi connectivity index (χ1v) is 6.91. The number of esters is 1. The molecule has 0 bridgehead atoms. The average Bonchev–Trinajstić information content (AvgIpc) is 2.52. The van der Waals surface area contributed by atoms with Crippen LogP contribution in [0, 0.1) is 0 Å². The third-order valence-corrected chi connectivity index (χ3v) is 3.21. The van der Waals surface area contributed by atoms with Crippen molar-refractivity contribution < 1.29 is 19.0 Å². The number of carbonyl (C=O) groups excluding carboxylic acids is 1. The minimum atomic E-state index is -0.424. The summed E-state index contributed by atoms with van der Waals surface area (Å²) in [5, 5.41) is 0. The van der Waals surface area contributed by atoms with Crippen molar-refractivity contribution in [3.05, 3.63) is 46.6 Å². The van der Waals surface area contributed by atoms with E-state index in [0.29, 0.717) is 11.3 Å². The number of pyridine rings is 1. The van der Waals surface area contributed by atoms with Crippen molar-refractivity contribution in [1.29, 1.82) is 0 Å². The molecule has 0 aliphatic carbocycles. The fourth-order valence-electron chi connectivity index (χ4n) is 1.76. The summed E-state index contributed by atoms with van der Waals surface area (Å²) in [7, 11) is 2.86. The Bertz CT molecular complexity index is 628. The number of hydrogen-bond acceptors (Lipinski definition) is 5. The first kappa shape index (κ1) is 15.5. The van der Waals surface area contributed by atoms with Gasteiger partial charge in [0.05, 0.1) is 18.4 Å².